The van der Waals surface area contributed by atoms with Gasteiger partial charge in [-0.25, -0.2) is 4.98 Å². The summed E-state index contributed by atoms with van der Waals surface area (Å²) < 4.78 is 6.15. The van der Waals surface area contributed by atoms with E-state index in [9.17, 15) is 9.59 Å². The van der Waals surface area contributed by atoms with Crippen LogP contribution in [0.4, 0.5) is 0 Å². The molecule has 2 aromatic rings. The van der Waals surface area contributed by atoms with Crippen LogP contribution in [0.25, 0.3) is 5.65 Å². The molecule has 0 saturated heterocycles. The Morgan fingerprint density at radius 3 is 2.94 bits per heavy atom. The van der Waals surface area contributed by atoms with Crippen LogP contribution in [0.3, 0.4) is 0 Å². The number of hydrogen-bond donors (Lipinski definition) is 0. The Morgan fingerprint density at radius 2 is 2.25 bits per heavy atom. The van der Waals surface area contributed by atoms with Crippen LogP contribution in [0.2, 0.25) is 0 Å². The Hall–Kier alpha value is -2.17. The zero-order valence-electron chi connectivity index (χ0n) is 8.71. The molecule has 0 spiro atoms. The van der Waals surface area contributed by atoms with Gasteiger partial charge in [0, 0.05) is 12.4 Å². The third-order valence-corrected chi connectivity index (χ3v) is 2.18. The number of esters is 1. The van der Waals surface area contributed by atoms with Crippen molar-refractivity contribution in [2.75, 3.05) is 7.11 Å². The van der Waals surface area contributed by atoms with Crippen molar-refractivity contribution in [2.45, 2.75) is 6.42 Å². The number of ketones is 1. The standard InChI is InChI=1S/C11H10N2O3/c1-16-11(15)6-9(14)8-7-13-5-3-2-4-10(13)12-8/h2-5,7H,6H2,1H3. The summed E-state index contributed by atoms with van der Waals surface area (Å²) in [6.07, 6.45) is 3.11. The Bertz CT molecular complexity index is 512. The predicted molar refractivity (Wildman–Crippen MR) is 56.2 cm³/mol. The first-order valence-corrected chi connectivity index (χ1v) is 4.74. The smallest absolute Gasteiger partial charge is 0.313 e. The summed E-state index contributed by atoms with van der Waals surface area (Å²) in [4.78, 5) is 26.6. The Morgan fingerprint density at radius 1 is 1.44 bits per heavy atom. The van der Waals surface area contributed by atoms with E-state index in [-0.39, 0.29) is 17.9 Å². The summed E-state index contributed by atoms with van der Waals surface area (Å²) in [7, 11) is 1.25. The Labute approximate surface area is 91.7 Å². The highest BCUT2D eigenvalue weighted by atomic mass is 16.5. The van der Waals surface area contributed by atoms with Gasteiger partial charge in [0.05, 0.1) is 7.11 Å². The number of methoxy groups -OCH3 is 1. The Balaban J connectivity index is 2.26. The molecule has 0 aliphatic rings. The van der Waals surface area contributed by atoms with Crippen LogP contribution in [-0.2, 0) is 9.53 Å². The number of Topliss-reactive ketones (excluding diaryl/α,β-unsaturated/α-hetero) is 1. The highest BCUT2D eigenvalue weighted by Gasteiger charge is 2.14. The average molecular weight is 218 g/mol. The largest absolute Gasteiger partial charge is 0.469 e. The molecule has 0 N–H and O–H groups in total. The normalized spacial score (nSPS) is 10.3. The third kappa shape index (κ3) is 1.93. The number of rotatable bonds is 3. The van der Waals surface area contributed by atoms with E-state index in [0.29, 0.717) is 5.65 Å². The van der Waals surface area contributed by atoms with Gasteiger partial charge in [0.2, 0.25) is 0 Å². The predicted octanol–water partition coefficient (Wildman–Crippen LogP) is 1.08. The van der Waals surface area contributed by atoms with Crippen molar-refractivity contribution >= 4 is 17.4 Å². The maximum Gasteiger partial charge on any atom is 0.313 e. The van der Waals surface area contributed by atoms with E-state index >= 15 is 0 Å². The summed E-state index contributed by atoms with van der Waals surface area (Å²) in [6.45, 7) is 0. The lowest BCUT2D eigenvalue weighted by Gasteiger charge is -1.94. The van der Waals surface area contributed by atoms with Crippen molar-refractivity contribution in [2.24, 2.45) is 0 Å². The maximum atomic E-state index is 11.6. The van der Waals surface area contributed by atoms with E-state index in [1.165, 1.54) is 7.11 Å². The number of imidazole rings is 1. The highest BCUT2D eigenvalue weighted by molar-refractivity contribution is 6.05. The fourth-order valence-corrected chi connectivity index (χ4v) is 1.36. The molecule has 2 aromatic heterocycles. The minimum atomic E-state index is -0.554. The molecule has 0 atom stereocenters. The second-order valence-corrected chi connectivity index (χ2v) is 3.27. The monoisotopic (exact) mass is 218 g/mol. The van der Waals surface area contributed by atoms with Gasteiger partial charge >= 0.3 is 5.97 Å². The van der Waals surface area contributed by atoms with Crippen LogP contribution in [0, 0.1) is 0 Å². The second-order valence-electron chi connectivity index (χ2n) is 3.27. The molecule has 16 heavy (non-hydrogen) atoms. The van der Waals surface area contributed by atoms with Gasteiger partial charge in [0.25, 0.3) is 0 Å². The van der Waals surface area contributed by atoms with Gasteiger partial charge in [0.15, 0.2) is 5.78 Å². The first-order chi connectivity index (χ1) is 7.70. The van der Waals surface area contributed by atoms with E-state index in [4.69, 9.17) is 0 Å². The summed E-state index contributed by atoms with van der Waals surface area (Å²) in [6, 6.07) is 5.45. The van der Waals surface area contributed by atoms with Crippen molar-refractivity contribution in [3.8, 4) is 0 Å². The highest BCUT2D eigenvalue weighted by Crippen LogP contribution is 2.07. The molecule has 0 bridgehead atoms. The number of fused-ring (bicyclic) bond motifs is 1. The van der Waals surface area contributed by atoms with Gasteiger partial charge in [-0.1, -0.05) is 6.07 Å². The molecule has 2 heterocycles. The zero-order valence-corrected chi connectivity index (χ0v) is 8.71. The number of ether oxygens (including phenoxy) is 1. The van der Waals surface area contributed by atoms with Crippen molar-refractivity contribution in [1.29, 1.82) is 0 Å². The van der Waals surface area contributed by atoms with E-state index in [0.717, 1.165) is 0 Å². The van der Waals surface area contributed by atoms with Gasteiger partial charge in [-0.15, -0.1) is 0 Å². The zero-order chi connectivity index (χ0) is 11.5. The molecule has 0 aromatic carbocycles. The van der Waals surface area contributed by atoms with E-state index in [1.54, 1.807) is 22.9 Å². The first kappa shape index (κ1) is 10.4. The molecule has 5 heteroatoms. The van der Waals surface area contributed by atoms with Crippen molar-refractivity contribution in [1.82, 2.24) is 9.38 Å². The van der Waals surface area contributed by atoms with Crippen LogP contribution in [-0.4, -0.2) is 28.2 Å². The molecule has 0 aliphatic carbocycles. The molecule has 2 rings (SSSR count). The number of aromatic nitrogens is 2. The lowest BCUT2D eigenvalue weighted by atomic mass is 10.2. The lowest BCUT2D eigenvalue weighted by molar-refractivity contribution is -0.139. The summed E-state index contributed by atoms with van der Waals surface area (Å²) in [5, 5.41) is 0. The minimum absolute atomic E-state index is 0.275. The molecule has 0 saturated carbocycles. The van der Waals surface area contributed by atoms with E-state index < -0.39 is 5.97 Å². The van der Waals surface area contributed by atoms with Crippen molar-refractivity contribution in [3.63, 3.8) is 0 Å². The van der Waals surface area contributed by atoms with Gasteiger partial charge in [-0.05, 0) is 12.1 Å². The van der Waals surface area contributed by atoms with Crippen LogP contribution in [0.1, 0.15) is 16.9 Å². The summed E-state index contributed by atoms with van der Waals surface area (Å²) in [5.74, 6) is -0.891. The SMILES string of the molecule is COC(=O)CC(=O)c1cn2ccccc2n1. The molecule has 0 aliphatic heterocycles. The van der Waals surface area contributed by atoms with Crippen LogP contribution >= 0.6 is 0 Å². The number of nitrogens with zero attached hydrogens (tertiary/aromatic N) is 2. The molecular weight excluding hydrogens is 208 g/mol. The summed E-state index contributed by atoms with van der Waals surface area (Å²) >= 11 is 0. The van der Waals surface area contributed by atoms with Crippen molar-refractivity contribution < 1.29 is 14.3 Å². The molecule has 0 radical (unpaired) electrons. The topological polar surface area (TPSA) is 60.7 Å². The van der Waals surface area contributed by atoms with Crippen molar-refractivity contribution in [3.05, 3.63) is 36.3 Å². The average Bonchev–Trinajstić information content (AvgIpc) is 2.72. The van der Waals surface area contributed by atoms with Gasteiger partial charge in [0.1, 0.15) is 17.8 Å². The number of carbonyl (C=O) groups is 2. The minimum Gasteiger partial charge on any atom is -0.469 e. The quantitative estimate of drug-likeness (QED) is 0.439. The number of carbonyl (C=O) groups excluding carboxylic acids is 2. The molecular formula is C11H10N2O3. The molecule has 5 nitrogen and oxygen atoms in total. The molecule has 0 fully saturated rings. The number of hydrogen-bond acceptors (Lipinski definition) is 4. The van der Waals surface area contributed by atoms with E-state index in [1.807, 2.05) is 12.1 Å². The molecule has 0 unspecified atom stereocenters. The van der Waals surface area contributed by atoms with Gasteiger partial charge in [-0.3, -0.25) is 9.59 Å². The van der Waals surface area contributed by atoms with Crippen LogP contribution in [0.15, 0.2) is 30.6 Å². The lowest BCUT2D eigenvalue weighted by Crippen LogP contribution is -2.09. The van der Waals surface area contributed by atoms with Gasteiger partial charge in [-0.2, -0.15) is 0 Å². The van der Waals surface area contributed by atoms with Gasteiger partial charge < -0.3 is 9.14 Å². The fourth-order valence-electron chi connectivity index (χ4n) is 1.36. The third-order valence-electron chi connectivity index (χ3n) is 2.18. The number of pyridine rings is 1. The Kier molecular flexibility index (Phi) is 2.68. The second kappa shape index (κ2) is 4.14. The maximum absolute atomic E-state index is 11.6. The van der Waals surface area contributed by atoms with Crippen LogP contribution < -0.4 is 0 Å². The van der Waals surface area contributed by atoms with Crippen LogP contribution in [0.5, 0.6) is 0 Å². The molecule has 0 amide bonds. The van der Waals surface area contributed by atoms with E-state index in [2.05, 4.69) is 9.72 Å². The summed E-state index contributed by atoms with van der Waals surface area (Å²) in [5.41, 5.74) is 0.951. The fraction of sp³-hybridized carbons (Fsp3) is 0.182. The molecule has 82 valence electrons. The first-order valence-electron chi connectivity index (χ1n) is 4.74.